The summed E-state index contributed by atoms with van der Waals surface area (Å²) in [6, 6.07) is 89.0. The van der Waals surface area contributed by atoms with E-state index in [1.165, 1.54) is 166 Å². The van der Waals surface area contributed by atoms with Crippen LogP contribution >= 0.6 is 0 Å². The molecule has 0 spiro atoms. The molecule has 0 radical (unpaired) electrons. The van der Waals surface area contributed by atoms with Crippen molar-refractivity contribution < 1.29 is 22.7 Å². The molecular weight excluding hydrogens is 1410 g/mol. The standard InChI is InChI=1S/C22H26N.C21H24N.C18H18N2O.2C17H16N.C12H16N2/c1-14(2)19-8-7-18-9-10-23(6)22(21(18)13-19)20-12-15(3)11-16(4)17(20)5;1-14(2)18-9-8-17-10-11-22(5)21(20(17)13-18)19-12-15(3)6-7-16(19)4;1-12-8-9-15-14-6-4-5-7-16(14)21-18(15)17(12)20-11-10-19(3)13(20)2;1-13-7-3-6-10-16(13)17-11-14-8-4-5-9-15(14)12-18(17)2;1-13-7-3-5-9-15(13)17-16-10-6-4-8-14(16)11-12-18(17)2;1-10-6-4-5-7-12(10)14-9-8-13(3)11(14)2/h7-14H,1-6H3;6-14H,1-5H3;4-11,13H,1-3H3;2*3-12H,1-2H3;4-9,11H,1-3H3/q2*+1;;2*+1;/t;;13-;;;11-/m..1..1/s1. The summed E-state index contributed by atoms with van der Waals surface area (Å²) in [5, 5.41) is 12.8. The van der Waals surface area contributed by atoms with Gasteiger partial charge in [-0.25, -0.2) is 18.3 Å². The van der Waals surface area contributed by atoms with E-state index in [0.29, 0.717) is 24.2 Å². The Hall–Kier alpha value is -12.5. The lowest BCUT2D eigenvalue weighted by atomic mass is 9.92. The second kappa shape index (κ2) is 35.5. The first-order valence-corrected chi connectivity index (χ1v) is 41.0. The Morgan fingerprint density at radius 3 is 1.36 bits per heavy atom. The Bertz CT molecular complexity index is 6330. The summed E-state index contributed by atoms with van der Waals surface area (Å²) in [7, 11) is 12.7. The van der Waals surface area contributed by atoms with Crippen LogP contribution in [0.3, 0.4) is 0 Å². The molecule has 0 fully saturated rings. The molecule has 2 atom stereocenters. The third-order valence-electron chi connectivity index (χ3n) is 23.5. The predicted molar refractivity (Wildman–Crippen MR) is 491 cm³/mol. The van der Waals surface area contributed by atoms with Crippen LogP contribution < -0.4 is 28.1 Å². The molecule has 2 aliphatic heterocycles. The molecule has 0 unspecified atom stereocenters. The second-order valence-corrected chi connectivity index (χ2v) is 32.5. The van der Waals surface area contributed by atoms with Crippen LogP contribution in [0.5, 0.6) is 0 Å². The highest BCUT2D eigenvalue weighted by atomic mass is 16.3. The molecule has 116 heavy (non-hydrogen) atoms. The van der Waals surface area contributed by atoms with Gasteiger partial charge in [0, 0.05) is 102 Å². The Morgan fingerprint density at radius 1 is 0.328 bits per heavy atom. The van der Waals surface area contributed by atoms with E-state index < -0.39 is 0 Å². The van der Waals surface area contributed by atoms with Crippen LogP contribution in [-0.2, 0) is 28.2 Å². The average Bonchev–Trinajstić information content (AvgIpc) is 1.56. The third kappa shape index (κ3) is 17.4. The topological polar surface area (TPSA) is 41.6 Å². The minimum absolute atomic E-state index is 0.294. The molecule has 9 nitrogen and oxygen atoms in total. The summed E-state index contributed by atoms with van der Waals surface area (Å²) < 4.78 is 15.1. The highest BCUT2D eigenvalue weighted by molar-refractivity contribution is 6.10. The number of fused-ring (bicyclic) bond motifs is 7. The van der Waals surface area contributed by atoms with E-state index in [2.05, 4.69) is 470 Å². The van der Waals surface area contributed by atoms with E-state index in [4.69, 9.17) is 4.42 Å². The fourth-order valence-electron chi connectivity index (χ4n) is 16.2. The summed E-state index contributed by atoms with van der Waals surface area (Å²) in [6.07, 6.45) is 17.8. The van der Waals surface area contributed by atoms with Gasteiger partial charge in [-0.05, 0) is 220 Å². The number of hydrogen-bond acceptors (Lipinski definition) is 5. The molecular formula is C107H116N8O+4. The first-order valence-electron chi connectivity index (χ1n) is 41.0. The van der Waals surface area contributed by atoms with Gasteiger partial charge in [-0.1, -0.05) is 203 Å². The van der Waals surface area contributed by atoms with Crippen molar-refractivity contribution >= 4 is 76.4 Å². The highest BCUT2D eigenvalue weighted by Gasteiger charge is 2.28. The number of hydrogen-bond donors (Lipinski definition) is 0. The van der Waals surface area contributed by atoms with E-state index in [-0.39, 0.29) is 0 Å². The van der Waals surface area contributed by atoms with Gasteiger partial charge in [0.05, 0.1) is 27.4 Å². The Labute approximate surface area is 689 Å². The lowest BCUT2D eigenvalue weighted by Gasteiger charge is -2.28. The first kappa shape index (κ1) is 81.6. The predicted octanol–water partition coefficient (Wildman–Crippen LogP) is 24.8. The van der Waals surface area contributed by atoms with Crippen molar-refractivity contribution in [3.8, 4) is 45.0 Å². The molecule has 7 heterocycles. The van der Waals surface area contributed by atoms with Crippen molar-refractivity contribution in [2.75, 3.05) is 23.9 Å². The summed E-state index contributed by atoms with van der Waals surface area (Å²) >= 11 is 0. The van der Waals surface area contributed by atoms with Gasteiger partial charge in [-0.3, -0.25) is 0 Å². The van der Waals surface area contributed by atoms with Crippen LogP contribution in [0.1, 0.15) is 115 Å². The minimum atomic E-state index is 0.294. The molecule has 9 heteroatoms. The highest BCUT2D eigenvalue weighted by Crippen LogP contribution is 2.41. The van der Waals surface area contributed by atoms with Gasteiger partial charge in [0.2, 0.25) is 22.8 Å². The van der Waals surface area contributed by atoms with E-state index in [0.717, 1.165) is 16.9 Å². The lowest BCUT2D eigenvalue weighted by Crippen LogP contribution is -2.33. The summed E-state index contributed by atoms with van der Waals surface area (Å²) in [4.78, 5) is 8.96. The van der Waals surface area contributed by atoms with Gasteiger partial charge in [-0.15, -0.1) is 0 Å². The summed E-state index contributed by atoms with van der Waals surface area (Å²) in [5.41, 5.74) is 29.4. The zero-order chi connectivity index (χ0) is 82.3. The fourth-order valence-corrected chi connectivity index (χ4v) is 16.2. The molecule has 5 aromatic heterocycles. The molecule has 0 N–H and O–H groups in total. The largest absolute Gasteiger partial charge is 0.454 e. The zero-order valence-electron chi connectivity index (χ0n) is 72.1. The van der Waals surface area contributed by atoms with Gasteiger partial charge in [0.15, 0.2) is 30.4 Å². The van der Waals surface area contributed by atoms with Crippen molar-refractivity contribution in [2.24, 2.45) is 28.2 Å². The fraction of sp³-hybridized carbons (Fsp3) is 0.234. The Morgan fingerprint density at radius 2 is 0.793 bits per heavy atom. The van der Waals surface area contributed by atoms with Gasteiger partial charge in [0.1, 0.15) is 46.1 Å². The van der Waals surface area contributed by atoms with Gasteiger partial charge < -0.3 is 24.0 Å². The molecule has 586 valence electrons. The average molecular weight is 1530 g/mol. The first-order chi connectivity index (χ1) is 55.7. The number of furan rings is 1. The monoisotopic (exact) mass is 1530 g/mol. The molecule has 16 aromatic rings. The van der Waals surface area contributed by atoms with Crippen molar-refractivity contribution in [3.63, 3.8) is 0 Å². The molecule has 18 rings (SSSR count). The molecule has 2 aliphatic rings. The number of rotatable bonds is 8. The molecule has 0 aliphatic carbocycles. The smallest absolute Gasteiger partial charge is 0.220 e. The van der Waals surface area contributed by atoms with Crippen LogP contribution in [0.15, 0.2) is 303 Å². The maximum Gasteiger partial charge on any atom is 0.220 e. The van der Waals surface area contributed by atoms with E-state index in [1.807, 2.05) is 12.1 Å². The van der Waals surface area contributed by atoms with Gasteiger partial charge in [0.25, 0.3) is 0 Å². The van der Waals surface area contributed by atoms with Crippen molar-refractivity contribution in [1.29, 1.82) is 0 Å². The molecule has 0 amide bonds. The van der Waals surface area contributed by atoms with Crippen molar-refractivity contribution in [1.82, 2.24) is 9.80 Å². The number of pyridine rings is 4. The number of anilines is 2. The molecule has 11 aromatic carbocycles. The van der Waals surface area contributed by atoms with Crippen LogP contribution in [0, 0.1) is 62.3 Å². The number of benzene rings is 11. The second-order valence-electron chi connectivity index (χ2n) is 32.5. The quantitative estimate of drug-likeness (QED) is 0.142. The molecule has 0 saturated heterocycles. The number of para-hydroxylation sites is 2. The third-order valence-corrected chi connectivity index (χ3v) is 23.5. The lowest BCUT2D eigenvalue weighted by molar-refractivity contribution is -0.659. The van der Waals surface area contributed by atoms with Crippen molar-refractivity contribution in [3.05, 3.63) is 360 Å². The van der Waals surface area contributed by atoms with Gasteiger partial charge in [-0.2, -0.15) is 0 Å². The zero-order valence-corrected chi connectivity index (χ0v) is 72.1. The van der Waals surface area contributed by atoms with E-state index in [9.17, 15) is 0 Å². The van der Waals surface area contributed by atoms with Crippen LogP contribution in [0.4, 0.5) is 11.4 Å². The normalized spacial score (nSPS) is 13.6. The van der Waals surface area contributed by atoms with E-state index >= 15 is 0 Å². The Balaban J connectivity index is 0.000000122. The van der Waals surface area contributed by atoms with E-state index in [1.54, 1.807) is 0 Å². The van der Waals surface area contributed by atoms with Crippen LogP contribution in [0.2, 0.25) is 0 Å². The van der Waals surface area contributed by atoms with Crippen LogP contribution in [-0.4, -0.2) is 36.2 Å². The maximum atomic E-state index is 6.17. The number of aryl methyl sites for hydroxylation is 12. The maximum absolute atomic E-state index is 6.17. The molecule has 0 saturated carbocycles. The number of nitrogens with zero attached hydrogens (tertiary/aromatic N) is 8. The van der Waals surface area contributed by atoms with Gasteiger partial charge >= 0.3 is 0 Å². The SMILES string of the molecule is Cc1cc(C)c(C)c(-c2c3cc(C(C)C)ccc3cc[n+]2C)c1.Cc1ccc(C)c(-c2c3cc(C(C)C)ccc3cc[n+]2C)c1.Cc1ccc2c(oc3ccccc32)c1N1C=CN(C)[C@H]1C.Cc1ccccc1-c1c2ccccc2cc[n+]1C.Cc1ccccc1-c1cc2ccccc2c[n+]1C.Cc1ccccc1N1C=CN(C)[C@H]1C. The van der Waals surface area contributed by atoms with Crippen LogP contribution in [0.25, 0.3) is 110 Å². The summed E-state index contributed by atoms with van der Waals surface area (Å²) in [5.74, 6) is 1.08. The summed E-state index contributed by atoms with van der Waals surface area (Å²) in [6.45, 7) is 33.0. The number of aromatic nitrogens is 4. The Kier molecular flexibility index (Phi) is 25.0. The minimum Gasteiger partial charge on any atom is -0.454 e. The molecule has 0 bridgehead atoms. The van der Waals surface area contributed by atoms with Crippen molar-refractivity contribution in [2.45, 2.75) is 128 Å².